The van der Waals surface area contributed by atoms with Crippen LogP contribution in [0.2, 0.25) is 0 Å². The molecule has 1 aromatic rings. The standard InChI is InChI=1S/C11H10O2/c1-7(2)10-8-5-3-4-6-9(8)13-11(10)12/h3-6,10H,1H2,2H3. The molecular weight excluding hydrogens is 164 g/mol. The van der Waals surface area contributed by atoms with Gasteiger partial charge in [0.15, 0.2) is 0 Å². The lowest BCUT2D eigenvalue weighted by molar-refractivity contribution is -0.133. The van der Waals surface area contributed by atoms with E-state index in [1.165, 1.54) is 0 Å². The molecule has 0 N–H and O–H groups in total. The Balaban J connectivity index is 2.52. The van der Waals surface area contributed by atoms with Gasteiger partial charge in [0, 0.05) is 5.56 Å². The Hall–Kier alpha value is -1.57. The molecule has 1 unspecified atom stereocenters. The van der Waals surface area contributed by atoms with Crippen LogP contribution >= 0.6 is 0 Å². The molecule has 1 aliphatic heterocycles. The van der Waals surface area contributed by atoms with E-state index in [1.54, 1.807) is 6.07 Å². The zero-order valence-corrected chi connectivity index (χ0v) is 7.41. The summed E-state index contributed by atoms with van der Waals surface area (Å²) < 4.78 is 5.08. The Bertz CT molecular complexity index is 379. The minimum atomic E-state index is -0.267. The molecule has 1 aromatic carbocycles. The average molecular weight is 174 g/mol. The first-order valence-electron chi connectivity index (χ1n) is 4.16. The third-order valence-corrected chi connectivity index (χ3v) is 2.17. The van der Waals surface area contributed by atoms with Crippen LogP contribution in [-0.2, 0) is 4.79 Å². The van der Waals surface area contributed by atoms with Gasteiger partial charge in [-0.1, -0.05) is 30.4 Å². The number of hydrogen-bond donors (Lipinski definition) is 0. The maximum absolute atomic E-state index is 11.4. The van der Waals surface area contributed by atoms with E-state index in [0.717, 1.165) is 11.1 Å². The van der Waals surface area contributed by atoms with Crippen LogP contribution in [0.1, 0.15) is 18.4 Å². The molecule has 0 fully saturated rings. The molecule has 0 spiro atoms. The van der Waals surface area contributed by atoms with Crippen LogP contribution in [0.25, 0.3) is 0 Å². The van der Waals surface area contributed by atoms with Crippen molar-refractivity contribution in [3.8, 4) is 5.75 Å². The summed E-state index contributed by atoms with van der Waals surface area (Å²) in [5.74, 6) is 0.186. The molecule has 2 rings (SSSR count). The summed E-state index contributed by atoms with van der Waals surface area (Å²) in [4.78, 5) is 11.4. The van der Waals surface area contributed by atoms with Crippen LogP contribution in [0, 0.1) is 0 Å². The highest BCUT2D eigenvalue weighted by Crippen LogP contribution is 2.37. The highest BCUT2D eigenvalue weighted by atomic mass is 16.5. The van der Waals surface area contributed by atoms with Crippen molar-refractivity contribution < 1.29 is 9.53 Å². The van der Waals surface area contributed by atoms with Crippen molar-refractivity contribution in [3.05, 3.63) is 42.0 Å². The number of benzene rings is 1. The molecule has 0 bridgehead atoms. The van der Waals surface area contributed by atoms with E-state index < -0.39 is 0 Å². The summed E-state index contributed by atoms with van der Waals surface area (Å²) in [6.45, 7) is 5.63. The molecule has 66 valence electrons. The second kappa shape index (κ2) is 2.73. The fourth-order valence-corrected chi connectivity index (χ4v) is 1.57. The molecule has 2 nitrogen and oxygen atoms in total. The van der Waals surface area contributed by atoms with Crippen molar-refractivity contribution in [2.75, 3.05) is 0 Å². The number of hydrogen-bond acceptors (Lipinski definition) is 2. The zero-order chi connectivity index (χ0) is 9.42. The molecule has 0 radical (unpaired) electrons. The van der Waals surface area contributed by atoms with Gasteiger partial charge in [0.25, 0.3) is 0 Å². The topological polar surface area (TPSA) is 26.3 Å². The van der Waals surface area contributed by atoms with Gasteiger partial charge in [-0.05, 0) is 13.0 Å². The van der Waals surface area contributed by atoms with Gasteiger partial charge in [-0.15, -0.1) is 0 Å². The molecule has 1 heterocycles. The molecule has 1 atom stereocenters. The molecule has 0 aliphatic carbocycles. The molecule has 0 saturated heterocycles. The van der Waals surface area contributed by atoms with Crippen LogP contribution in [0.5, 0.6) is 5.75 Å². The number of esters is 1. The largest absolute Gasteiger partial charge is 0.426 e. The monoisotopic (exact) mass is 174 g/mol. The summed E-state index contributed by atoms with van der Waals surface area (Å²) in [6, 6.07) is 7.46. The molecule has 0 amide bonds. The molecule has 1 aliphatic rings. The van der Waals surface area contributed by atoms with Crippen LogP contribution in [0.3, 0.4) is 0 Å². The summed E-state index contributed by atoms with van der Waals surface area (Å²) >= 11 is 0. The molecule has 0 aromatic heterocycles. The number of carbonyl (C=O) groups is 1. The van der Waals surface area contributed by atoms with Gasteiger partial charge < -0.3 is 4.74 Å². The number of ether oxygens (including phenoxy) is 1. The minimum absolute atomic E-state index is 0.214. The van der Waals surface area contributed by atoms with Crippen molar-refractivity contribution in [2.24, 2.45) is 0 Å². The third kappa shape index (κ3) is 1.15. The lowest BCUT2D eigenvalue weighted by atomic mass is 9.95. The summed E-state index contributed by atoms with van der Waals surface area (Å²) in [6.07, 6.45) is 0. The van der Waals surface area contributed by atoms with E-state index >= 15 is 0 Å². The average Bonchev–Trinajstić information content (AvgIpc) is 2.39. The minimum Gasteiger partial charge on any atom is -0.426 e. The van der Waals surface area contributed by atoms with Crippen molar-refractivity contribution >= 4 is 5.97 Å². The van der Waals surface area contributed by atoms with E-state index in [-0.39, 0.29) is 11.9 Å². The summed E-state index contributed by atoms with van der Waals surface area (Å²) in [5.41, 5.74) is 1.76. The van der Waals surface area contributed by atoms with Gasteiger partial charge in [-0.25, -0.2) is 0 Å². The van der Waals surface area contributed by atoms with Gasteiger partial charge in [-0.3, -0.25) is 4.79 Å². The Kier molecular flexibility index (Phi) is 1.69. The van der Waals surface area contributed by atoms with Gasteiger partial charge in [-0.2, -0.15) is 0 Å². The quantitative estimate of drug-likeness (QED) is 0.371. The highest BCUT2D eigenvalue weighted by Gasteiger charge is 2.32. The molecule has 13 heavy (non-hydrogen) atoms. The first-order valence-corrected chi connectivity index (χ1v) is 4.16. The van der Waals surface area contributed by atoms with Crippen molar-refractivity contribution in [3.63, 3.8) is 0 Å². The van der Waals surface area contributed by atoms with Crippen LogP contribution < -0.4 is 4.74 Å². The summed E-state index contributed by atoms with van der Waals surface area (Å²) in [5, 5.41) is 0. The van der Waals surface area contributed by atoms with Crippen molar-refractivity contribution in [1.82, 2.24) is 0 Å². The predicted molar refractivity (Wildman–Crippen MR) is 49.6 cm³/mol. The maximum atomic E-state index is 11.4. The molecular formula is C11H10O2. The van der Waals surface area contributed by atoms with Gasteiger partial charge in [0.1, 0.15) is 11.7 Å². The first kappa shape index (κ1) is 8.05. The smallest absolute Gasteiger partial charge is 0.323 e. The first-order chi connectivity index (χ1) is 6.20. The maximum Gasteiger partial charge on any atom is 0.323 e. The van der Waals surface area contributed by atoms with E-state index in [9.17, 15) is 4.79 Å². The summed E-state index contributed by atoms with van der Waals surface area (Å²) in [7, 11) is 0. The van der Waals surface area contributed by atoms with Gasteiger partial charge in [0.05, 0.1) is 0 Å². The van der Waals surface area contributed by atoms with E-state index in [4.69, 9.17) is 4.74 Å². The van der Waals surface area contributed by atoms with E-state index in [1.807, 2.05) is 25.1 Å². The van der Waals surface area contributed by atoms with E-state index in [0.29, 0.717) is 5.75 Å². The van der Waals surface area contributed by atoms with Crippen molar-refractivity contribution in [2.45, 2.75) is 12.8 Å². The number of carbonyl (C=O) groups excluding carboxylic acids is 1. The lowest BCUT2D eigenvalue weighted by Gasteiger charge is -2.04. The van der Waals surface area contributed by atoms with Gasteiger partial charge >= 0.3 is 5.97 Å². The molecule has 2 heteroatoms. The normalized spacial score (nSPS) is 19.5. The van der Waals surface area contributed by atoms with Crippen LogP contribution in [0.15, 0.2) is 36.4 Å². The number of fused-ring (bicyclic) bond motifs is 1. The number of rotatable bonds is 1. The zero-order valence-electron chi connectivity index (χ0n) is 7.41. The predicted octanol–water partition coefficient (Wildman–Crippen LogP) is 2.27. The Morgan fingerprint density at radius 3 is 2.85 bits per heavy atom. The SMILES string of the molecule is C=C(C)C1C(=O)Oc2ccccc21. The Labute approximate surface area is 76.8 Å². The Morgan fingerprint density at radius 2 is 2.15 bits per heavy atom. The van der Waals surface area contributed by atoms with Crippen molar-refractivity contribution in [1.29, 1.82) is 0 Å². The second-order valence-electron chi connectivity index (χ2n) is 3.24. The second-order valence-corrected chi connectivity index (χ2v) is 3.24. The lowest BCUT2D eigenvalue weighted by Crippen LogP contribution is -2.10. The fraction of sp³-hybridized carbons (Fsp3) is 0.182. The van der Waals surface area contributed by atoms with Crippen LogP contribution in [0.4, 0.5) is 0 Å². The molecule has 0 saturated carbocycles. The van der Waals surface area contributed by atoms with Crippen LogP contribution in [-0.4, -0.2) is 5.97 Å². The third-order valence-electron chi connectivity index (χ3n) is 2.17. The number of para-hydroxylation sites is 1. The highest BCUT2D eigenvalue weighted by molar-refractivity contribution is 5.88. The Morgan fingerprint density at radius 1 is 1.46 bits per heavy atom. The van der Waals surface area contributed by atoms with Gasteiger partial charge in [0.2, 0.25) is 0 Å². The fourth-order valence-electron chi connectivity index (χ4n) is 1.57. The van der Waals surface area contributed by atoms with E-state index in [2.05, 4.69) is 6.58 Å².